The molecule has 1 aromatic carbocycles. The smallest absolute Gasteiger partial charge is 0.246 e. The molecule has 1 N–H and O–H groups in total. The van der Waals surface area contributed by atoms with Gasteiger partial charge >= 0.3 is 0 Å². The van der Waals surface area contributed by atoms with E-state index in [4.69, 9.17) is 0 Å². The quantitative estimate of drug-likeness (QED) is 0.911. The predicted molar refractivity (Wildman–Crippen MR) is 85.4 cm³/mol. The highest BCUT2D eigenvalue weighted by atomic mass is 32.2. The van der Waals surface area contributed by atoms with Crippen LogP contribution in [0.5, 0.6) is 0 Å². The number of nitrogens with zero attached hydrogens (tertiary/aromatic N) is 3. The zero-order valence-electron chi connectivity index (χ0n) is 13.4. The van der Waals surface area contributed by atoms with Crippen molar-refractivity contribution in [2.75, 3.05) is 31.1 Å². The van der Waals surface area contributed by atoms with E-state index >= 15 is 0 Å². The number of sulfonamides is 1. The van der Waals surface area contributed by atoms with Crippen LogP contribution in [-0.2, 0) is 10.0 Å². The van der Waals surface area contributed by atoms with Gasteiger partial charge in [-0.25, -0.2) is 17.2 Å². The molecule has 0 saturated carbocycles. The highest BCUT2D eigenvalue weighted by Gasteiger charge is 2.32. The summed E-state index contributed by atoms with van der Waals surface area (Å²) in [5, 5.41) is 6.61. The van der Waals surface area contributed by atoms with Crippen molar-refractivity contribution in [3.05, 3.63) is 41.2 Å². The number of rotatable bonds is 3. The SMILES string of the molecule is Cc1n[nH]c(C)c1S(=O)(=O)N1CCN(c2ccc(F)cc2F)CC1. The molecule has 1 fully saturated rings. The number of halogens is 2. The average Bonchev–Trinajstić information content (AvgIpc) is 2.87. The molecule has 2 heterocycles. The Morgan fingerprint density at radius 3 is 2.33 bits per heavy atom. The molecule has 1 aliphatic rings. The standard InChI is InChI=1S/C15H18F2N4O2S/c1-10-15(11(2)19-18-10)24(22,23)21-7-5-20(6-8-21)14-4-3-12(16)9-13(14)17/h3-4,9H,5-8H2,1-2H3,(H,18,19). The molecule has 1 aliphatic heterocycles. The highest BCUT2D eigenvalue weighted by Crippen LogP contribution is 2.26. The van der Waals surface area contributed by atoms with E-state index in [1.807, 2.05) is 0 Å². The third kappa shape index (κ3) is 2.89. The molecule has 0 spiro atoms. The molecule has 0 atom stereocenters. The number of H-pyrrole nitrogens is 1. The molecule has 0 unspecified atom stereocenters. The monoisotopic (exact) mass is 356 g/mol. The average molecular weight is 356 g/mol. The number of hydrogen-bond donors (Lipinski definition) is 1. The lowest BCUT2D eigenvalue weighted by atomic mass is 10.2. The molecule has 0 aliphatic carbocycles. The van der Waals surface area contributed by atoms with Crippen LogP contribution >= 0.6 is 0 Å². The summed E-state index contributed by atoms with van der Waals surface area (Å²) in [5.74, 6) is -1.28. The van der Waals surface area contributed by atoms with E-state index in [0.717, 1.165) is 6.07 Å². The topological polar surface area (TPSA) is 69.3 Å². The molecule has 1 aromatic heterocycles. The second-order valence-electron chi connectivity index (χ2n) is 5.75. The Balaban J connectivity index is 1.78. The summed E-state index contributed by atoms with van der Waals surface area (Å²) in [6.07, 6.45) is 0. The Kier molecular flexibility index (Phi) is 4.31. The van der Waals surface area contributed by atoms with Gasteiger partial charge in [0.05, 0.1) is 17.1 Å². The van der Waals surface area contributed by atoms with Crippen LogP contribution in [0.15, 0.2) is 23.1 Å². The number of piperazine rings is 1. The van der Waals surface area contributed by atoms with Crippen LogP contribution < -0.4 is 4.90 Å². The predicted octanol–water partition coefficient (Wildman–Crippen LogP) is 1.82. The third-order valence-corrected chi connectivity index (χ3v) is 6.31. The zero-order chi connectivity index (χ0) is 17.5. The summed E-state index contributed by atoms with van der Waals surface area (Å²) < 4.78 is 53.8. The van der Waals surface area contributed by atoms with Gasteiger partial charge in [-0.3, -0.25) is 5.10 Å². The number of aryl methyl sites for hydroxylation is 2. The van der Waals surface area contributed by atoms with Crippen LogP contribution in [0, 0.1) is 25.5 Å². The van der Waals surface area contributed by atoms with E-state index in [0.29, 0.717) is 24.5 Å². The van der Waals surface area contributed by atoms with Crippen molar-refractivity contribution in [1.82, 2.24) is 14.5 Å². The Labute approximate surface area is 139 Å². The molecule has 24 heavy (non-hydrogen) atoms. The van der Waals surface area contributed by atoms with Gasteiger partial charge in [-0.05, 0) is 26.0 Å². The van der Waals surface area contributed by atoms with E-state index < -0.39 is 21.7 Å². The Bertz CT molecular complexity index is 839. The second kappa shape index (κ2) is 6.14. The molecule has 6 nitrogen and oxygen atoms in total. The Morgan fingerprint density at radius 2 is 1.79 bits per heavy atom. The Morgan fingerprint density at radius 1 is 1.12 bits per heavy atom. The van der Waals surface area contributed by atoms with Crippen LogP contribution in [0.4, 0.5) is 14.5 Å². The number of hydrogen-bond acceptors (Lipinski definition) is 4. The number of anilines is 1. The van der Waals surface area contributed by atoms with Gasteiger partial charge in [-0.1, -0.05) is 0 Å². The van der Waals surface area contributed by atoms with Crippen LogP contribution in [0.25, 0.3) is 0 Å². The number of aromatic nitrogens is 2. The maximum atomic E-state index is 13.9. The molecular weight excluding hydrogens is 338 g/mol. The van der Waals surface area contributed by atoms with Gasteiger partial charge in [0.2, 0.25) is 10.0 Å². The number of nitrogens with one attached hydrogen (secondary N) is 1. The van der Waals surface area contributed by atoms with E-state index in [1.165, 1.54) is 16.4 Å². The van der Waals surface area contributed by atoms with Crippen LogP contribution in [0.3, 0.4) is 0 Å². The van der Waals surface area contributed by atoms with Crippen LogP contribution in [0.1, 0.15) is 11.4 Å². The van der Waals surface area contributed by atoms with Crippen molar-refractivity contribution in [1.29, 1.82) is 0 Å². The normalized spacial score (nSPS) is 16.6. The summed E-state index contributed by atoms with van der Waals surface area (Å²) in [6.45, 7) is 4.42. The first kappa shape index (κ1) is 16.8. The lowest BCUT2D eigenvalue weighted by molar-refractivity contribution is 0.382. The summed E-state index contributed by atoms with van der Waals surface area (Å²) in [7, 11) is -3.64. The minimum Gasteiger partial charge on any atom is -0.367 e. The summed E-state index contributed by atoms with van der Waals surface area (Å²) in [5.41, 5.74) is 1.21. The first-order valence-corrected chi connectivity index (χ1v) is 8.96. The molecule has 1 saturated heterocycles. The minimum absolute atomic E-state index is 0.198. The Hall–Kier alpha value is -2.00. The van der Waals surface area contributed by atoms with Gasteiger partial charge in [0.1, 0.15) is 16.5 Å². The van der Waals surface area contributed by atoms with E-state index in [9.17, 15) is 17.2 Å². The first-order chi connectivity index (χ1) is 11.3. The molecule has 2 aromatic rings. The fourth-order valence-corrected chi connectivity index (χ4v) is 4.71. The maximum Gasteiger partial charge on any atom is 0.246 e. The largest absolute Gasteiger partial charge is 0.367 e. The van der Waals surface area contributed by atoms with Crippen molar-refractivity contribution in [2.24, 2.45) is 0 Å². The van der Waals surface area contributed by atoms with Crippen molar-refractivity contribution in [3.63, 3.8) is 0 Å². The first-order valence-electron chi connectivity index (χ1n) is 7.52. The van der Waals surface area contributed by atoms with E-state index in [-0.39, 0.29) is 23.7 Å². The number of benzene rings is 1. The fraction of sp³-hybridized carbons (Fsp3) is 0.400. The lowest BCUT2D eigenvalue weighted by Crippen LogP contribution is -2.49. The highest BCUT2D eigenvalue weighted by molar-refractivity contribution is 7.89. The van der Waals surface area contributed by atoms with Gasteiger partial charge < -0.3 is 4.90 Å². The second-order valence-corrected chi connectivity index (χ2v) is 7.62. The molecule has 130 valence electrons. The molecule has 0 bridgehead atoms. The molecule has 3 rings (SSSR count). The van der Waals surface area contributed by atoms with Crippen molar-refractivity contribution in [3.8, 4) is 0 Å². The van der Waals surface area contributed by atoms with Crippen LogP contribution in [-0.4, -0.2) is 49.1 Å². The van der Waals surface area contributed by atoms with E-state index in [1.54, 1.807) is 18.7 Å². The maximum absolute atomic E-state index is 13.9. The van der Waals surface area contributed by atoms with Crippen molar-refractivity contribution in [2.45, 2.75) is 18.7 Å². The molecular formula is C15H18F2N4O2S. The van der Waals surface area contributed by atoms with Gasteiger partial charge in [0.25, 0.3) is 0 Å². The van der Waals surface area contributed by atoms with Gasteiger partial charge in [-0.15, -0.1) is 0 Å². The lowest BCUT2D eigenvalue weighted by Gasteiger charge is -2.35. The van der Waals surface area contributed by atoms with Gasteiger partial charge in [0, 0.05) is 32.2 Å². The molecule has 9 heteroatoms. The number of aromatic amines is 1. The summed E-state index contributed by atoms with van der Waals surface area (Å²) in [6, 6.07) is 3.40. The zero-order valence-corrected chi connectivity index (χ0v) is 14.2. The molecule has 0 amide bonds. The van der Waals surface area contributed by atoms with Crippen molar-refractivity contribution >= 4 is 15.7 Å². The molecule has 0 radical (unpaired) electrons. The van der Waals surface area contributed by atoms with Crippen LogP contribution in [0.2, 0.25) is 0 Å². The fourth-order valence-electron chi connectivity index (χ4n) is 2.96. The summed E-state index contributed by atoms with van der Waals surface area (Å²) >= 11 is 0. The third-order valence-electron chi connectivity index (χ3n) is 4.15. The van der Waals surface area contributed by atoms with E-state index in [2.05, 4.69) is 10.2 Å². The minimum atomic E-state index is -3.64. The summed E-state index contributed by atoms with van der Waals surface area (Å²) in [4.78, 5) is 1.92. The van der Waals surface area contributed by atoms with Crippen molar-refractivity contribution < 1.29 is 17.2 Å². The van der Waals surface area contributed by atoms with Gasteiger partial charge in [0.15, 0.2) is 0 Å². The van der Waals surface area contributed by atoms with Gasteiger partial charge in [-0.2, -0.15) is 9.40 Å².